The van der Waals surface area contributed by atoms with Crippen molar-refractivity contribution >= 4 is 22.8 Å². The number of ether oxygens (including phenoxy) is 1. The number of nitrogens with one attached hydrogen (secondary N) is 1. The van der Waals surface area contributed by atoms with Crippen molar-refractivity contribution in [1.82, 2.24) is 29.8 Å². The monoisotopic (exact) mass is 548 g/mol. The van der Waals surface area contributed by atoms with Gasteiger partial charge in [0.1, 0.15) is 5.60 Å². The van der Waals surface area contributed by atoms with Crippen LogP contribution in [0.4, 0.5) is 4.79 Å². The fraction of sp³-hybridized carbons (Fsp3) is 0.333. The molecule has 1 N–H and O–H groups in total. The van der Waals surface area contributed by atoms with E-state index in [-0.39, 0.29) is 12.1 Å². The van der Waals surface area contributed by atoms with Gasteiger partial charge in [-0.25, -0.2) is 14.8 Å². The minimum absolute atomic E-state index is 0.152. The van der Waals surface area contributed by atoms with Crippen LogP contribution in [-0.4, -0.2) is 55.3 Å². The zero-order valence-electron chi connectivity index (χ0n) is 24.1. The number of piperidine rings is 1. The lowest BCUT2D eigenvalue weighted by molar-refractivity contribution is 0.0477. The number of hydrogen-bond acceptors (Lipinski definition) is 6. The van der Waals surface area contributed by atoms with E-state index in [1.165, 1.54) is 5.56 Å². The molecular weight excluding hydrogens is 512 g/mol. The van der Waals surface area contributed by atoms with Crippen LogP contribution in [0.1, 0.15) is 44.9 Å². The van der Waals surface area contributed by atoms with E-state index in [2.05, 4.69) is 74.9 Å². The molecule has 0 atom stereocenters. The Balaban J connectivity index is 1.21. The van der Waals surface area contributed by atoms with Gasteiger partial charge in [-0.1, -0.05) is 54.6 Å². The summed E-state index contributed by atoms with van der Waals surface area (Å²) >= 11 is 0. The highest BCUT2D eigenvalue weighted by molar-refractivity contribution is 5.90. The van der Waals surface area contributed by atoms with Gasteiger partial charge in [0.2, 0.25) is 0 Å². The number of carbonyl (C=O) groups is 1. The molecule has 0 saturated carbocycles. The number of aryl methyl sites for hydroxylation is 1. The standard InChI is InChI=1S/C33H36N6O2/c1-22-18-29-34-20-26-19-28(24-8-6-5-7-9-24)30(36-31(26)39(29)37-22)25-12-10-23(11-13-25)21-38-16-14-27(15-17-38)35-32(40)41-33(2,3)4/h5-13,18-20,27H,14-17,21H2,1-4H3,(H,35,40). The number of rotatable bonds is 5. The Morgan fingerprint density at radius 3 is 2.44 bits per heavy atom. The molecule has 0 bridgehead atoms. The van der Waals surface area contributed by atoms with E-state index in [4.69, 9.17) is 9.72 Å². The van der Waals surface area contributed by atoms with Crippen LogP contribution in [0.5, 0.6) is 0 Å². The number of benzene rings is 2. The molecule has 1 saturated heterocycles. The molecule has 0 aliphatic carbocycles. The zero-order valence-corrected chi connectivity index (χ0v) is 24.1. The predicted octanol–water partition coefficient (Wildman–Crippen LogP) is 6.41. The molecule has 4 heterocycles. The molecule has 0 spiro atoms. The smallest absolute Gasteiger partial charge is 0.407 e. The van der Waals surface area contributed by atoms with E-state index in [9.17, 15) is 4.79 Å². The maximum atomic E-state index is 12.1. The summed E-state index contributed by atoms with van der Waals surface area (Å²) in [4.78, 5) is 24.3. The van der Waals surface area contributed by atoms with Crippen molar-refractivity contribution < 1.29 is 9.53 Å². The molecule has 1 fully saturated rings. The number of hydrogen-bond donors (Lipinski definition) is 1. The SMILES string of the molecule is Cc1cc2ncc3cc(-c4ccccc4)c(-c4ccc(CN5CCC(NC(=O)OC(C)(C)C)CC5)cc4)nc3n2n1. The summed E-state index contributed by atoms with van der Waals surface area (Å²) in [5.41, 5.74) is 7.43. The van der Waals surface area contributed by atoms with Crippen molar-refractivity contribution in [1.29, 1.82) is 0 Å². The van der Waals surface area contributed by atoms with E-state index >= 15 is 0 Å². The molecule has 0 unspecified atom stereocenters. The number of fused-ring (bicyclic) bond motifs is 3. The van der Waals surface area contributed by atoms with Crippen LogP contribution < -0.4 is 5.32 Å². The van der Waals surface area contributed by atoms with Gasteiger partial charge in [-0.15, -0.1) is 0 Å². The van der Waals surface area contributed by atoms with Gasteiger partial charge >= 0.3 is 6.09 Å². The third kappa shape index (κ3) is 6.07. The van der Waals surface area contributed by atoms with Gasteiger partial charge in [-0.3, -0.25) is 4.90 Å². The molecule has 0 radical (unpaired) electrons. The van der Waals surface area contributed by atoms with Gasteiger partial charge in [0, 0.05) is 54.5 Å². The number of likely N-dealkylation sites (tertiary alicyclic amines) is 1. The van der Waals surface area contributed by atoms with Crippen molar-refractivity contribution in [2.45, 2.75) is 58.7 Å². The normalized spacial score (nSPS) is 14.9. The molecule has 1 aliphatic heterocycles. The number of alkyl carbamates (subject to hydrolysis) is 1. The van der Waals surface area contributed by atoms with Gasteiger partial charge in [0.15, 0.2) is 11.3 Å². The fourth-order valence-corrected chi connectivity index (χ4v) is 5.45. The van der Waals surface area contributed by atoms with E-state index in [1.54, 1.807) is 0 Å². The Kier molecular flexibility index (Phi) is 7.17. The third-order valence-electron chi connectivity index (χ3n) is 7.41. The lowest BCUT2D eigenvalue weighted by atomic mass is 9.97. The number of pyridine rings is 1. The lowest BCUT2D eigenvalue weighted by Crippen LogP contribution is -2.45. The van der Waals surface area contributed by atoms with E-state index in [0.717, 1.165) is 77.2 Å². The third-order valence-corrected chi connectivity index (χ3v) is 7.41. The van der Waals surface area contributed by atoms with E-state index in [1.807, 2.05) is 50.5 Å². The number of carbonyl (C=O) groups excluding carboxylic acids is 1. The average Bonchev–Trinajstić information content (AvgIpc) is 3.34. The summed E-state index contributed by atoms with van der Waals surface area (Å²) in [6, 6.07) is 23.4. The molecular formula is C33H36N6O2. The molecule has 3 aromatic heterocycles. The Hall–Kier alpha value is -4.30. The highest BCUT2D eigenvalue weighted by Crippen LogP contribution is 2.33. The fourth-order valence-electron chi connectivity index (χ4n) is 5.45. The van der Waals surface area contributed by atoms with E-state index < -0.39 is 5.60 Å². The Morgan fingerprint density at radius 1 is 1.00 bits per heavy atom. The van der Waals surface area contributed by atoms with Crippen molar-refractivity contribution in [2.24, 2.45) is 0 Å². The van der Waals surface area contributed by atoms with Crippen LogP contribution in [0.2, 0.25) is 0 Å². The second kappa shape index (κ2) is 10.9. The van der Waals surface area contributed by atoms with Gasteiger partial charge in [0.05, 0.1) is 11.4 Å². The Labute approximate surface area is 240 Å². The highest BCUT2D eigenvalue weighted by atomic mass is 16.6. The van der Waals surface area contributed by atoms with Gasteiger partial charge in [-0.2, -0.15) is 9.61 Å². The second-order valence-corrected chi connectivity index (χ2v) is 11.9. The van der Waals surface area contributed by atoms with Crippen LogP contribution in [0.15, 0.2) is 72.9 Å². The first-order valence-corrected chi connectivity index (χ1v) is 14.2. The number of aromatic nitrogens is 4. The minimum Gasteiger partial charge on any atom is -0.444 e. The molecule has 5 aromatic rings. The zero-order chi connectivity index (χ0) is 28.6. The van der Waals surface area contributed by atoms with Crippen molar-refractivity contribution in [3.63, 3.8) is 0 Å². The molecule has 210 valence electrons. The van der Waals surface area contributed by atoms with Crippen LogP contribution in [0.25, 0.3) is 39.1 Å². The first-order chi connectivity index (χ1) is 19.7. The van der Waals surface area contributed by atoms with E-state index in [0.29, 0.717) is 0 Å². The van der Waals surface area contributed by atoms with Gasteiger partial charge < -0.3 is 10.1 Å². The topological polar surface area (TPSA) is 84.7 Å². The molecule has 8 nitrogen and oxygen atoms in total. The highest BCUT2D eigenvalue weighted by Gasteiger charge is 2.24. The van der Waals surface area contributed by atoms with Crippen LogP contribution >= 0.6 is 0 Å². The summed E-state index contributed by atoms with van der Waals surface area (Å²) in [5.74, 6) is 0. The second-order valence-electron chi connectivity index (χ2n) is 11.9. The molecule has 1 amide bonds. The van der Waals surface area contributed by atoms with Gasteiger partial charge in [0.25, 0.3) is 0 Å². The average molecular weight is 549 g/mol. The van der Waals surface area contributed by atoms with Crippen LogP contribution in [0, 0.1) is 6.92 Å². The van der Waals surface area contributed by atoms with Crippen molar-refractivity contribution in [3.05, 3.63) is 84.2 Å². The largest absolute Gasteiger partial charge is 0.444 e. The first kappa shape index (κ1) is 26.9. The quantitative estimate of drug-likeness (QED) is 0.273. The van der Waals surface area contributed by atoms with Crippen LogP contribution in [-0.2, 0) is 11.3 Å². The maximum absolute atomic E-state index is 12.1. The molecule has 8 heteroatoms. The Morgan fingerprint density at radius 2 is 1.73 bits per heavy atom. The number of nitrogens with zero attached hydrogens (tertiary/aromatic N) is 5. The first-order valence-electron chi connectivity index (χ1n) is 14.2. The summed E-state index contributed by atoms with van der Waals surface area (Å²) in [6.07, 6.45) is 3.37. The maximum Gasteiger partial charge on any atom is 0.407 e. The van der Waals surface area contributed by atoms with Gasteiger partial charge in [-0.05, 0) is 57.7 Å². The number of amides is 1. The predicted molar refractivity (Wildman–Crippen MR) is 162 cm³/mol. The van der Waals surface area contributed by atoms with Crippen molar-refractivity contribution in [2.75, 3.05) is 13.1 Å². The van der Waals surface area contributed by atoms with Crippen LogP contribution in [0.3, 0.4) is 0 Å². The lowest BCUT2D eigenvalue weighted by Gasteiger charge is -2.32. The Bertz CT molecular complexity index is 1680. The molecule has 1 aliphatic rings. The summed E-state index contributed by atoms with van der Waals surface area (Å²) in [7, 11) is 0. The molecule has 6 rings (SSSR count). The summed E-state index contributed by atoms with van der Waals surface area (Å²) in [5, 5.41) is 8.62. The van der Waals surface area contributed by atoms with Crippen molar-refractivity contribution in [3.8, 4) is 22.4 Å². The summed E-state index contributed by atoms with van der Waals surface area (Å²) in [6.45, 7) is 10.4. The molecule has 41 heavy (non-hydrogen) atoms. The molecule has 2 aromatic carbocycles. The minimum atomic E-state index is -0.483. The summed E-state index contributed by atoms with van der Waals surface area (Å²) < 4.78 is 7.25.